The van der Waals surface area contributed by atoms with Gasteiger partial charge in [0.1, 0.15) is 0 Å². The molecule has 0 amide bonds. The summed E-state index contributed by atoms with van der Waals surface area (Å²) < 4.78 is 37.3. The summed E-state index contributed by atoms with van der Waals surface area (Å²) in [4.78, 5) is 0. The molecule has 0 aliphatic heterocycles. The maximum atomic E-state index is 12.4. The predicted molar refractivity (Wildman–Crippen MR) is 66.0 cm³/mol. The Balaban J connectivity index is 2.44. The molecule has 2 aromatic rings. The Morgan fingerprint density at radius 1 is 0.944 bits per heavy atom. The molecule has 0 aliphatic carbocycles. The van der Waals surface area contributed by atoms with Crippen LogP contribution in [0.1, 0.15) is 11.1 Å². The molecule has 0 fully saturated rings. The number of rotatable bonds is 1. The molecule has 2 rings (SSSR count). The van der Waals surface area contributed by atoms with Gasteiger partial charge in [0.15, 0.2) is 0 Å². The molecule has 1 nitrogen and oxygen atoms in total. The summed E-state index contributed by atoms with van der Waals surface area (Å²) in [5.41, 5.74) is 8.22. The quantitative estimate of drug-likeness (QED) is 0.753. The van der Waals surface area contributed by atoms with Crippen molar-refractivity contribution in [2.24, 2.45) is 0 Å². The van der Waals surface area contributed by atoms with E-state index in [0.717, 1.165) is 28.8 Å². The van der Waals surface area contributed by atoms with Crippen LogP contribution in [-0.2, 0) is 6.18 Å². The van der Waals surface area contributed by atoms with Crippen LogP contribution in [-0.4, -0.2) is 0 Å². The number of anilines is 1. The molecule has 0 aliphatic rings. The standard InChI is InChI=1S/C14H12F3N/c1-9-12(3-2-4-13(9)18)10-5-7-11(8-6-10)14(15,16)17/h2-8H,18H2,1H3. The van der Waals surface area contributed by atoms with E-state index in [9.17, 15) is 13.2 Å². The highest BCUT2D eigenvalue weighted by molar-refractivity contribution is 5.72. The second-order valence-electron chi connectivity index (χ2n) is 4.09. The van der Waals surface area contributed by atoms with Gasteiger partial charge in [-0.25, -0.2) is 0 Å². The zero-order valence-corrected chi connectivity index (χ0v) is 9.75. The number of nitrogen functional groups attached to an aromatic ring is 1. The van der Waals surface area contributed by atoms with E-state index >= 15 is 0 Å². The lowest BCUT2D eigenvalue weighted by molar-refractivity contribution is -0.137. The van der Waals surface area contributed by atoms with Crippen LogP contribution in [0.4, 0.5) is 18.9 Å². The molecule has 0 spiro atoms. The molecule has 0 unspecified atom stereocenters. The van der Waals surface area contributed by atoms with Crippen LogP contribution in [0.3, 0.4) is 0 Å². The van der Waals surface area contributed by atoms with Gasteiger partial charge in [-0.1, -0.05) is 24.3 Å². The van der Waals surface area contributed by atoms with Gasteiger partial charge in [-0.2, -0.15) is 13.2 Å². The van der Waals surface area contributed by atoms with Crippen molar-refractivity contribution in [3.05, 3.63) is 53.6 Å². The van der Waals surface area contributed by atoms with Crippen molar-refractivity contribution in [3.8, 4) is 11.1 Å². The van der Waals surface area contributed by atoms with E-state index in [1.807, 2.05) is 13.0 Å². The van der Waals surface area contributed by atoms with Gasteiger partial charge in [0.2, 0.25) is 0 Å². The smallest absolute Gasteiger partial charge is 0.398 e. The van der Waals surface area contributed by atoms with Crippen molar-refractivity contribution in [2.45, 2.75) is 13.1 Å². The lowest BCUT2D eigenvalue weighted by atomic mass is 9.98. The maximum Gasteiger partial charge on any atom is 0.416 e. The maximum absolute atomic E-state index is 12.4. The minimum absolute atomic E-state index is 0.632. The van der Waals surface area contributed by atoms with E-state index in [-0.39, 0.29) is 0 Å². The summed E-state index contributed by atoms with van der Waals surface area (Å²) in [7, 11) is 0. The van der Waals surface area contributed by atoms with Crippen LogP contribution in [0.5, 0.6) is 0 Å². The van der Waals surface area contributed by atoms with Crippen LogP contribution in [0.25, 0.3) is 11.1 Å². The molecule has 0 radical (unpaired) electrons. The molecule has 2 aromatic carbocycles. The first-order valence-electron chi connectivity index (χ1n) is 5.42. The van der Waals surface area contributed by atoms with Crippen LogP contribution in [0.15, 0.2) is 42.5 Å². The highest BCUT2D eigenvalue weighted by atomic mass is 19.4. The lowest BCUT2D eigenvalue weighted by Gasteiger charge is -2.10. The van der Waals surface area contributed by atoms with E-state index in [2.05, 4.69) is 0 Å². The van der Waals surface area contributed by atoms with Crippen LogP contribution in [0.2, 0.25) is 0 Å². The lowest BCUT2D eigenvalue weighted by Crippen LogP contribution is -2.04. The molecular formula is C14H12F3N. The van der Waals surface area contributed by atoms with Gasteiger partial charge in [-0.15, -0.1) is 0 Å². The number of hydrogen-bond acceptors (Lipinski definition) is 1. The molecule has 0 heterocycles. The van der Waals surface area contributed by atoms with E-state index in [1.54, 1.807) is 12.1 Å². The highest BCUT2D eigenvalue weighted by Crippen LogP contribution is 2.32. The Kier molecular flexibility index (Phi) is 3.03. The van der Waals surface area contributed by atoms with Crippen LogP contribution < -0.4 is 5.73 Å². The monoisotopic (exact) mass is 251 g/mol. The molecule has 0 saturated carbocycles. The first-order chi connectivity index (χ1) is 8.39. The summed E-state index contributed by atoms with van der Waals surface area (Å²) >= 11 is 0. The number of hydrogen-bond donors (Lipinski definition) is 1. The molecular weight excluding hydrogens is 239 g/mol. The third-order valence-electron chi connectivity index (χ3n) is 2.90. The molecule has 0 atom stereocenters. The average Bonchev–Trinajstić information content (AvgIpc) is 2.32. The molecule has 18 heavy (non-hydrogen) atoms. The molecule has 0 bridgehead atoms. The molecule has 0 saturated heterocycles. The normalized spacial score (nSPS) is 11.6. The van der Waals surface area contributed by atoms with Crippen LogP contribution >= 0.6 is 0 Å². The Labute approximate surface area is 103 Å². The Morgan fingerprint density at radius 3 is 2.11 bits per heavy atom. The van der Waals surface area contributed by atoms with Gasteiger partial charge < -0.3 is 5.73 Å². The first-order valence-corrected chi connectivity index (χ1v) is 5.42. The summed E-state index contributed by atoms with van der Waals surface area (Å²) in [5.74, 6) is 0. The van der Waals surface area contributed by atoms with E-state index in [1.165, 1.54) is 12.1 Å². The van der Waals surface area contributed by atoms with Crippen molar-refractivity contribution >= 4 is 5.69 Å². The third kappa shape index (κ3) is 2.32. The van der Waals surface area contributed by atoms with Gasteiger partial charge in [-0.3, -0.25) is 0 Å². The largest absolute Gasteiger partial charge is 0.416 e. The number of halogens is 3. The Morgan fingerprint density at radius 2 is 1.56 bits per heavy atom. The minimum Gasteiger partial charge on any atom is -0.398 e. The average molecular weight is 251 g/mol. The first kappa shape index (κ1) is 12.5. The summed E-state index contributed by atoms with van der Waals surface area (Å²) in [5, 5.41) is 0. The van der Waals surface area contributed by atoms with Gasteiger partial charge >= 0.3 is 6.18 Å². The minimum atomic E-state index is -4.30. The topological polar surface area (TPSA) is 26.0 Å². The number of nitrogens with two attached hydrogens (primary N) is 1. The van der Waals surface area contributed by atoms with Gasteiger partial charge in [0, 0.05) is 5.69 Å². The van der Waals surface area contributed by atoms with Crippen molar-refractivity contribution in [3.63, 3.8) is 0 Å². The van der Waals surface area contributed by atoms with E-state index in [0.29, 0.717) is 5.69 Å². The van der Waals surface area contributed by atoms with Gasteiger partial charge in [0.25, 0.3) is 0 Å². The Hall–Kier alpha value is -1.97. The molecule has 0 aromatic heterocycles. The van der Waals surface area contributed by atoms with E-state index in [4.69, 9.17) is 5.73 Å². The fraction of sp³-hybridized carbons (Fsp3) is 0.143. The summed E-state index contributed by atoms with van der Waals surface area (Å²) in [6.07, 6.45) is -4.30. The second kappa shape index (κ2) is 4.37. The van der Waals surface area contributed by atoms with Gasteiger partial charge in [0.05, 0.1) is 5.56 Å². The summed E-state index contributed by atoms with van der Waals surface area (Å²) in [6.45, 7) is 1.85. The SMILES string of the molecule is Cc1c(N)cccc1-c1ccc(C(F)(F)F)cc1. The fourth-order valence-corrected chi connectivity index (χ4v) is 1.81. The third-order valence-corrected chi connectivity index (χ3v) is 2.90. The summed E-state index contributed by atoms with van der Waals surface area (Å²) in [6, 6.07) is 10.5. The van der Waals surface area contributed by atoms with Crippen molar-refractivity contribution in [2.75, 3.05) is 5.73 Å². The fourth-order valence-electron chi connectivity index (χ4n) is 1.81. The predicted octanol–water partition coefficient (Wildman–Crippen LogP) is 4.26. The van der Waals surface area contributed by atoms with Crippen molar-refractivity contribution < 1.29 is 13.2 Å². The number of alkyl halides is 3. The van der Waals surface area contributed by atoms with E-state index < -0.39 is 11.7 Å². The van der Waals surface area contributed by atoms with Crippen molar-refractivity contribution in [1.29, 1.82) is 0 Å². The highest BCUT2D eigenvalue weighted by Gasteiger charge is 2.29. The zero-order chi connectivity index (χ0) is 13.3. The molecule has 94 valence electrons. The van der Waals surface area contributed by atoms with Crippen molar-refractivity contribution in [1.82, 2.24) is 0 Å². The number of benzene rings is 2. The molecule has 4 heteroatoms. The molecule has 2 N–H and O–H groups in total. The Bertz CT molecular complexity index is 556. The van der Waals surface area contributed by atoms with Gasteiger partial charge in [-0.05, 0) is 41.8 Å². The van der Waals surface area contributed by atoms with Crippen LogP contribution in [0, 0.1) is 6.92 Å². The zero-order valence-electron chi connectivity index (χ0n) is 9.75. The second-order valence-corrected chi connectivity index (χ2v) is 4.09.